The van der Waals surface area contributed by atoms with E-state index in [1.165, 1.54) is 47.0 Å². The van der Waals surface area contributed by atoms with Gasteiger partial charge >= 0.3 is 12.4 Å². The maximum atomic E-state index is 13.3. The number of thioether (sulfide) groups is 1. The van der Waals surface area contributed by atoms with Crippen LogP contribution < -0.4 is 19.7 Å². The monoisotopic (exact) mass is 666 g/mol. The summed E-state index contributed by atoms with van der Waals surface area (Å²) < 4.78 is 48.0. The summed E-state index contributed by atoms with van der Waals surface area (Å²) in [5.41, 5.74) is 3.83. The normalized spacial score (nSPS) is 15.8. The average Bonchev–Trinajstić information content (AvgIpc) is 3.65. The minimum absolute atomic E-state index is 0.106. The molecule has 1 aliphatic rings. The second kappa shape index (κ2) is 14.3. The molecule has 47 heavy (non-hydrogen) atoms. The molecule has 3 amide bonds. The van der Waals surface area contributed by atoms with Gasteiger partial charge in [-0.3, -0.25) is 9.69 Å². The molecular formula is C33H33F3N6O4S. The number of aromatic nitrogens is 3. The zero-order valence-corrected chi connectivity index (χ0v) is 26.9. The van der Waals surface area contributed by atoms with Gasteiger partial charge in [-0.05, 0) is 72.4 Å². The summed E-state index contributed by atoms with van der Waals surface area (Å²) in [7, 11) is 1.59. The van der Waals surface area contributed by atoms with E-state index in [2.05, 4.69) is 25.1 Å². The highest BCUT2D eigenvalue weighted by Crippen LogP contribution is 2.39. The molecule has 1 aliphatic heterocycles. The quantitative estimate of drug-likeness (QED) is 0.192. The van der Waals surface area contributed by atoms with Gasteiger partial charge in [0, 0.05) is 12.1 Å². The van der Waals surface area contributed by atoms with Gasteiger partial charge in [0.15, 0.2) is 11.0 Å². The third-order valence-electron chi connectivity index (χ3n) is 7.33. The number of carbonyl (C=O) groups excluding carboxylic acids is 2. The van der Waals surface area contributed by atoms with E-state index in [0.717, 1.165) is 16.7 Å². The highest BCUT2D eigenvalue weighted by atomic mass is 32.2. The Morgan fingerprint density at radius 2 is 1.77 bits per heavy atom. The van der Waals surface area contributed by atoms with Gasteiger partial charge in [0.2, 0.25) is 5.91 Å². The molecule has 14 heteroatoms. The van der Waals surface area contributed by atoms with Crippen molar-refractivity contribution in [2.45, 2.75) is 51.1 Å². The van der Waals surface area contributed by atoms with E-state index in [1.807, 2.05) is 57.2 Å². The second-order valence-corrected chi connectivity index (χ2v) is 12.1. The third-order valence-corrected chi connectivity index (χ3v) is 8.63. The summed E-state index contributed by atoms with van der Waals surface area (Å²) in [6, 6.07) is 17.8. The first-order chi connectivity index (χ1) is 22.5. The number of aliphatic imine (C=N–C) groups is 1. The lowest BCUT2D eigenvalue weighted by Crippen LogP contribution is -2.34. The lowest BCUT2D eigenvalue weighted by molar-refractivity contribution is -0.274. The first-order valence-electron chi connectivity index (χ1n) is 14.9. The molecule has 1 fully saturated rings. The molecule has 0 saturated carbocycles. The van der Waals surface area contributed by atoms with Crippen molar-refractivity contribution in [2.75, 3.05) is 18.6 Å². The fraction of sp³-hybridized carbons (Fsp3) is 0.303. The number of methoxy groups -OCH3 is 1. The van der Waals surface area contributed by atoms with Crippen molar-refractivity contribution in [1.29, 1.82) is 0 Å². The maximum absolute atomic E-state index is 13.3. The molecule has 1 atom stereocenters. The Morgan fingerprint density at radius 3 is 2.40 bits per heavy atom. The summed E-state index contributed by atoms with van der Waals surface area (Å²) in [4.78, 5) is 36.3. The van der Waals surface area contributed by atoms with E-state index in [0.29, 0.717) is 47.5 Å². The van der Waals surface area contributed by atoms with Crippen LogP contribution in [0.4, 0.5) is 23.7 Å². The fourth-order valence-electron chi connectivity index (χ4n) is 4.93. The van der Waals surface area contributed by atoms with Crippen LogP contribution in [0.1, 0.15) is 44.2 Å². The summed E-state index contributed by atoms with van der Waals surface area (Å²) in [5, 5.41) is 7.25. The topological polar surface area (TPSA) is 111 Å². The number of anilines is 1. The molecule has 1 unspecified atom stereocenters. The van der Waals surface area contributed by atoms with E-state index >= 15 is 0 Å². The predicted molar refractivity (Wildman–Crippen MR) is 174 cm³/mol. The van der Waals surface area contributed by atoms with E-state index in [4.69, 9.17) is 4.74 Å². The van der Waals surface area contributed by atoms with Gasteiger partial charge in [0.25, 0.3) is 0 Å². The van der Waals surface area contributed by atoms with Crippen LogP contribution in [-0.2, 0) is 11.2 Å². The van der Waals surface area contributed by atoms with Crippen molar-refractivity contribution >= 4 is 34.6 Å². The Balaban J connectivity index is 1.20. The molecule has 10 nitrogen and oxygen atoms in total. The van der Waals surface area contributed by atoms with Gasteiger partial charge in [-0.25, -0.2) is 14.5 Å². The Hall–Kier alpha value is -4.85. The van der Waals surface area contributed by atoms with Crippen LogP contribution in [0.25, 0.3) is 17.1 Å². The van der Waals surface area contributed by atoms with Crippen LogP contribution in [0, 0.1) is 0 Å². The summed E-state index contributed by atoms with van der Waals surface area (Å²) in [5.74, 6) is 0.797. The second-order valence-electron chi connectivity index (χ2n) is 10.9. The first kappa shape index (κ1) is 33.5. The van der Waals surface area contributed by atoms with Gasteiger partial charge < -0.3 is 14.8 Å². The van der Waals surface area contributed by atoms with Gasteiger partial charge in [0.1, 0.15) is 17.8 Å². The van der Waals surface area contributed by atoms with E-state index in [-0.39, 0.29) is 22.8 Å². The number of rotatable bonds is 10. The van der Waals surface area contributed by atoms with Crippen LogP contribution >= 0.6 is 11.8 Å². The molecule has 0 bridgehead atoms. The van der Waals surface area contributed by atoms with Crippen molar-refractivity contribution in [1.82, 2.24) is 20.1 Å². The highest BCUT2D eigenvalue weighted by molar-refractivity contribution is 8.16. The third kappa shape index (κ3) is 8.12. The van der Waals surface area contributed by atoms with Crippen molar-refractivity contribution in [3.05, 3.63) is 84.2 Å². The minimum atomic E-state index is -4.76. The number of halogens is 3. The van der Waals surface area contributed by atoms with Crippen LogP contribution in [0.3, 0.4) is 0 Å². The van der Waals surface area contributed by atoms with Crippen LogP contribution in [0.5, 0.6) is 11.5 Å². The number of alkyl halides is 3. The van der Waals surface area contributed by atoms with Crippen LogP contribution in [0.2, 0.25) is 0 Å². The molecule has 0 aliphatic carbocycles. The maximum Gasteiger partial charge on any atom is 0.573 e. The lowest BCUT2D eigenvalue weighted by Gasteiger charge is -2.22. The predicted octanol–water partition coefficient (Wildman–Crippen LogP) is 7.13. The Kier molecular flexibility index (Phi) is 10.2. The van der Waals surface area contributed by atoms with Gasteiger partial charge in [-0.1, -0.05) is 56.8 Å². The first-order valence-corrected chi connectivity index (χ1v) is 15.8. The molecule has 1 aromatic heterocycles. The lowest BCUT2D eigenvalue weighted by atomic mass is 10.00. The molecule has 0 spiro atoms. The molecule has 0 radical (unpaired) electrons. The smallest absolute Gasteiger partial charge is 0.497 e. The summed E-state index contributed by atoms with van der Waals surface area (Å²) in [6.07, 6.45) is -2.15. The molecule has 246 valence electrons. The number of ether oxygens (including phenoxy) is 2. The van der Waals surface area contributed by atoms with Gasteiger partial charge in [0.05, 0.1) is 23.7 Å². The summed E-state index contributed by atoms with van der Waals surface area (Å²) >= 11 is 1.29. The SMILES string of the molecule is CCC1S/C(=N\C(=O)NCCc2ccc(-c3ncn(-c4ccc(OC(F)(F)F)cc4)n3)cc2)N(c2ccc(OC)cc2C(C)C)C1=O. The highest BCUT2D eigenvalue weighted by Gasteiger charge is 2.39. The van der Waals surface area contributed by atoms with E-state index in [1.54, 1.807) is 18.1 Å². The molecular weight excluding hydrogens is 633 g/mol. The number of urea groups is 1. The standard InChI is InChI=1S/C33H33F3N6O4S/c1-5-28-30(43)42(27-15-14-25(45-4)18-26(27)20(2)3)32(47-28)39-31(44)37-17-16-21-6-8-22(9-7-21)29-38-19-41(40-29)23-10-12-24(13-11-23)46-33(34,35)36/h6-15,18-20,28H,5,16-17H2,1-4H3,(H,37,44)/b39-32-. The van der Waals surface area contributed by atoms with Crippen molar-refractivity contribution in [2.24, 2.45) is 4.99 Å². The van der Waals surface area contributed by atoms with Crippen molar-refractivity contribution in [3.8, 4) is 28.6 Å². The van der Waals surface area contributed by atoms with E-state index in [9.17, 15) is 22.8 Å². The van der Waals surface area contributed by atoms with Gasteiger partial charge in [-0.2, -0.15) is 4.99 Å². The number of amidine groups is 1. The number of carbonyl (C=O) groups is 2. The molecule has 1 saturated heterocycles. The Labute approximate surface area is 274 Å². The molecule has 2 heterocycles. The minimum Gasteiger partial charge on any atom is -0.497 e. The Morgan fingerprint density at radius 1 is 1.06 bits per heavy atom. The molecule has 3 aromatic carbocycles. The van der Waals surface area contributed by atoms with Crippen molar-refractivity contribution in [3.63, 3.8) is 0 Å². The summed E-state index contributed by atoms with van der Waals surface area (Å²) in [6.45, 7) is 6.32. The average molecular weight is 667 g/mol. The van der Waals surface area contributed by atoms with E-state index < -0.39 is 12.4 Å². The van der Waals surface area contributed by atoms with Crippen LogP contribution in [0.15, 0.2) is 78.0 Å². The number of amides is 3. The van der Waals surface area contributed by atoms with Gasteiger partial charge in [-0.15, -0.1) is 18.3 Å². The number of hydrogen-bond acceptors (Lipinski definition) is 7. The molecule has 4 aromatic rings. The zero-order valence-electron chi connectivity index (χ0n) is 26.1. The molecule has 5 rings (SSSR count). The van der Waals surface area contributed by atoms with Crippen molar-refractivity contribution < 1.29 is 32.2 Å². The number of hydrogen-bond donors (Lipinski definition) is 1. The number of benzene rings is 3. The fourth-order valence-corrected chi connectivity index (χ4v) is 5.99. The molecule has 1 N–H and O–H groups in total. The number of nitrogens with zero attached hydrogens (tertiary/aromatic N) is 5. The Bertz CT molecular complexity index is 1760. The van der Waals surface area contributed by atoms with Crippen LogP contribution in [-0.4, -0.2) is 57.1 Å². The largest absolute Gasteiger partial charge is 0.573 e. The zero-order chi connectivity index (χ0) is 33.7. The number of nitrogens with one attached hydrogen (secondary N) is 1.